The Morgan fingerprint density at radius 1 is 1.10 bits per heavy atom. The molecule has 4 nitrogen and oxygen atoms in total. The highest BCUT2D eigenvalue weighted by Crippen LogP contribution is 2.17. The second-order valence-electron chi connectivity index (χ2n) is 5.00. The summed E-state index contributed by atoms with van der Waals surface area (Å²) in [6, 6.07) is 14.5. The van der Waals surface area contributed by atoms with Crippen molar-refractivity contribution in [3.63, 3.8) is 0 Å². The lowest BCUT2D eigenvalue weighted by molar-refractivity contribution is 0.961. The van der Waals surface area contributed by atoms with Crippen molar-refractivity contribution in [2.75, 3.05) is 24.3 Å². The lowest BCUT2D eigenvalue weighted by atomic mass is 10.2. The van der Waals surface area contributed by atoms with E-state index in [1.807, 2.05) is 43.1 Å². The first-order valence-electron chi connectivity index (χ1n) is 6.66. The van der Waals surface area contributed by atoms with E-state index in [2.05, 4.69) is 45.6 Å². The molecule has 102 valence electrons. The van der Waals surface area contributed by atoms with E-state index >= 15 is 0 Å². The van der Waals surface area contributed by atoms with Crippen LogP contribution in [0.1, 0.15) is 5.56 Å². The molecule has 0 saturated heterocycles. The Kier molecular flexibility index (Phi) is 3.29. The fourth-order valence-corrected chi connectivity index (χ4v) is 2.20. The molecule has 4 heteroatoms. The van der Waals surface area contributed by atoms with E-state index < -0.39 is 0 Å². The largest absolute Gasteiger partial charge is 0.381 e. The lowest BCUT2D eigenvalue weighted by Gasteiger charge is -2.13. The van der Waals surface area contributed by atoms with Crippen LogP contribution in [-0.2, 0) is 6.54 Å². The van der Waals surface area contributed by atoms with Gasteiger partial charge in [-0.3, -0.25) is 0 Å². The maximum absolute atomic E-state index is 4.34. The number of nitrogens with zero attached hydrogens (tertiary/aromatic N) is 3. The summed E-state index contributed by atoms with van der Waals surface area (Å²) in [5, 5.41) is 7.77. The zero-order valence-corrected chi connectivity index (χ0v) is 11.7. The summed E-state index contributed by atoms with van der Waals surface area (Å²) < 4.78 is 1.89. The Morgan fingerprint density at radius 2 is 1.90 bits per heavy atom. The molecule has 0 atom stereocenters. The minimum Gasteiger partial charge on any atom is -0.381 e. The van der Waals surface area contributed by atoms with Gasteiger partial charge in [-0.15, -0.1) is 0 Å². The molecule has 0 amide bonds. The fourth-order valence-electron chi connectivity index (χ4n) is 2.20. The Morgan fingerprint density at radius 3 is 2.65 bits per heavy atom. The summed E-state index contributed by atoms with van der Waals surface area (Å²) in [7, 11) is 4.09. The molecule has 0 bridgehead atoms. The van der Waals surface area contributed by atoms with Gasteiger partial charge in [0.25, 0.3) is 0 Å². The molecule has 0 radical (unpaired) electrons. The van der Waals surface area contributed by atoms with Crippen molar-refractivity contribution in [3.8, 4) is 0 Å². The summed E-state index contributed by atoms with van der Waals surface area (Å²) in [4.78, 5) is 2.09. The Hall–Kier alpha value is -2.49. The number of fused-ring (bicyclic) bond motifs is 1. The molecule has 20 heavy (non-hydrogen) atoms. The molecule has 3 rings (SSSR count). The molecule has 2 heterocycles. The van der Waals surface area contributed by atoms with Gasteiger partial charge in [0.1, 0.15) is 0 Å². The van der Waals surface area contributed by atoms with Crippen LogP contribution in [0.4, 0.5) is 11.4 Å². The van der Waals surface area contributed by atoms with Crippen molar-refractivity contribution in [1.29, 1.82) is 0 Å². The summed E-state index contributed by atoms with van der Waals surface area (Å²) in [6.45, 7) is 0.773. The Balaban J connectivity index is 1.73. The molecule has 0 aliphatic heterocycles. The van der Waals surface area contributed by atoms with Gasteiger partial charge in [0.05, 0.1) is 11.7 Å². The minimum absolute atomic E-state index is 0.773. The van der Waals surface area contributed by atoms with Gasteiger partial charge in [-0.1, -0.05) is 6.07 Å². The smallest absolute Gasteiger partial charge is 0.0711 e. The Labute approximate surface area is 118 Å². The first-order valence-corrected chi connectivity index (χ1v) is 6.66. The molecule has 1 aromatic carbocycles. The van der Waals surface area contributed by atoms with Crippen LogP contribution in [-0.4, -0.2) is 23.7 Å². The summed E-state index contributed by atoms with van der Waals surface area (Å²) in [6.07, 6.45) is 3.88. The predicted octanol–water partition coefficient (Wildman–Crippen LogP) is 3.01. The highest BCUT2D eigenvalue weighted by atomic mass is 15.2. The zero-order valence-electron chi connectivity index (χ0n) is 11.7. The normalized spacial score (nSPS) is 10.7. The zero-order chi connectivity index (χ0) is 13.9. The quantitative estimate of drug-likeness (QED) is 0.788. The van der Waals surface area contributed by atoms with Crippen molar-refractivity contribution in [3.05, 3.63) is 60.4 Å². The van der Waals surface area contributed by atoms with Crippen LogP contribution in [0.3, 0.4) is 0 Å². The van der Waals surface area contributed by atoms with Crippen molar-refractivity contribution in [2.24, 2.45) is 0 Å². The number of aromatic nitrogens is 2. The van der Waals surface area contributed by atoms with Gasteiger partial charge in [0.15, 0.2) is 0 Å². The summed E-state index contributed by atoms with van der Waals surface area (Å²) >= 11 is 0. The number of benzene rings is 1. The maximum atomic E-state index is 4.34. The molecule has 0 aliphatic rings. The Bertz CT molecular complexity index is 698. The van der Waals surface area contributed by atoms with Crippen LogP contribution in [0.25, 0.3) is 5.52 Å². The van der Waals surface area contributed by atoms with Gasteiger partial charge >= 0.3 is 0 Å². The molecule has 2 aromatic heterocycles. The average molecular weight is 266 g/mol. The number of hydrogen-bond acceptors (Lipinski definition) is 3. The van der Waals surface area contributed by atoms with E-state index in [4.69, 9.17) is 0 Å². The minimum atomic E-state index is 0.773. The molecule has 0 aliphatic carbocycles. The van der Waals surface area contributed by atoms with Crippen molar-refractivity contribution in [1.82, 2.24) is 9.61 Å². The molecule has 0 fully saturated rings. The van der Waals surface area contributed by atoms with E-state index in [9.17, 15) is 0 Å². The molecule has 1 N–H and O–H groups in total. The lowest BCUT2D eigenvalue weighted by Crippen LogP contribution is -2.08. The van der Waals surface area contributed by atoms with Gasteiger partial charge < -0.3 is 10.2 Å². The number of rotatable bonds is 4. The topological polar surface area (TPSA) is 32.6 Å². The number of nitrogens with one attached hydrogen (secondary N) is 1. The van der Waals surface area contributed by atoms with Crippen molar-refractivity contribution < 1.29 is 0 Å². The fraction of sp³-hybridized carbons (Fsp3) is 0.188. The van der Waals surface area contributed by atoms with E-state index in [-0.39, 0.29) is 0 Å². The molecular weight excluding hydrogens is 248 g/mol. The van der Waals surface area contributed by atoms with Gasteiger partial charge in [-0.05, 0) is 36.4 Å². The number of pyridine rings is 1. The predicted molar refractivity (Wildman–Crippen MR) is 83.3 cm³/mol. The van der Waals surface area contributed by atoms with E-state index in [0.717, 1.165) is 17.7 Å². The van der Waals surface area contributed by atoms with Gasteiger partial charge in [0.2, 0.25) is 0 Å². The van der Waals surface area contributed by atoms with Gasteiger partial charge in [-0.25, -0.2) is 4.52 Å². The molecule has 0 unspecified atom stereocenters. The van der Waals surface area contributed by atoms with Gasteiger partial charge in [-0.2, -0.15) is 5.10 Å². The molecule has 3 aromatic rings. The van der Waals surface area contributed by atoms with Crippen LogP contribution >= 0.6 is 0 Å². The third-order valence-electron chi connectivity index (χ3n) is 3.37. The second kappa shape index (κ2) is 5.25. The highest BCUT2D eigenvalue weighted by Gasteiger charge is 2.03. The third-order valence-corrected chi connectivity index (χ3v) is 3.37. The van der Waals surface area contributed by atoms with Crippen LogP contribution in [0, 0.1) is 0 Å². The van der Waals surface area contributed by atoms with Crippen LogP contribution in [0.15, 0.2) is 54.9 Å². The number of anilines is 2. The molecule has 0 saturated carbocycles. The second-order valence-corrected chi connectivity index (χ2v) is 5.00. The van der Waals surface area contributed by atoms with Crippen LogP contribution in [0.2, 0.25) is 0 Å². The van der Waals surface area contributed by atoms with Gasteiger partial charge in [0, 0.05) is 43.8 Å². The summed E-state index contributed by atoms with van der Waals surface area (Å²) in [5.74, 6) is 0. The van der Waals surface area contributed by atoms with E-state index in [1.165, 1.54) is 11.3 Å². The SMILES string of the molecule is CN(C)c1ccc(NCc2cnn3ccccc23)cc1. The van der Waals surface area contributed by atoms with Crippen LogP contribution < -0.4 is 10.2 Å². The van der Waals surface area contributed by atoms with E-state index in [1.54, 1.807) is 0 Å². The maximum Gasteiger partial charge on any atom is 0.0711 e. The van der Waals surface area contributed by atoms with E-state index in [0.29, 0.717) is 0 Å². The number of hydrogen-bond donors (Lipinski definition) is 1. The molecule has 0 spiro atoms. The average Bonchev–Trinajstić information content (AvgIpc) is 2.89. The van der Waals surface area contributed by atoms with Crippen molar-refractivity contribution in [2.45, 2.75) is 6.54 Å². The molecular formula is C16H18N4. The highest BCUT2D eigenvalue weighted by molar-refractivity contribution is 5.57. The summed E-state index contributed by atoms with van der Waals surface area (Å²) in [5.41, 5.74) is 4.66. The monoisotopic (exact) mass is 266 g/mol. The first kappa shape index (κ1) is 12.5. The third kappa shape index (κ3) is 2.45. The standard InChI is InChI=1S/C16H18N4/c1-19(2)15-8-6-14(7-9-15)17-11-13-12-18-20-10-4-3-5-16(13)20/h3-10,12,17H,11H2,1-2H3. The first-order chi connectivity index (χ1) is 9.74. The van der Waals surface area contributed by atoms with Crippen molar-refractivity contribution >= 4 is 16.9 Å². The van der Waals surface area contributed by atoms with Crippen LogP contribution in [0.5, 0.6) is 0 Å².